The first-order valence-electron chi connectivity index (χ1n) is 2.75. The summed E-state index contributed by atoms with van der Waals surface area (Å²) in [5, 5.41) is 0. The Kier molecular flexibility index (Phi) is 3.28. The zero-order valence-electron chi connectivity index (χ0n) is 5.59. The Hall–Kier alpha value is -0.500. The largest absolute Gasteiger partial charge is 0.379 e. The van der Waals surface area contributed by atoms with E-state index in [1.54, 1.807) is 6.20 Å². The molecule has 0 aliphatic rings. The van der Waals surface area contributed by atoms with Crippen LogP contribution in [0.4, 0.5) is 0 Å². The Morgan fingerprint density at radius 1 is 1.88 bits per heavy atom. The Morgan fingerprint density at radius 3 is 2.50 bits per heavy atom. The van der Waals surface area contributed by atoms with Gasteiger partial charge >= 0.3 is 0 Å². The van der Waals surface area contributed by atoms with E-state index >= 15 is 0 Å². The van der Waals surface area contributed by atoms with Crippen molar-refractivity contribution in [2.24, 2.45) is 5.73 Å². The van der Waals surface area contributed by atoms with E-state index in [9.17, 15) is 0 Å². The minimum Gasteiger partial charge on any atom is -0.379 e. The van der Waals surface area contributed by atoms with Gasteiger partial charge in [0, 0.05) is 19.6 Å². The highest BCUT2D eigenvalue weighted by molar-refractivity contribution is 4.69. The normalized spacial score (nSPS) is 12.9. The number of nitrogens with two attached hydrogens (primary N) is 1. The van der Waals surface area contributed by atoms with Gasteiger partial charge in [-0.15, -0.1) is 0 Å². The molecule has 1 atom stereocenters. The highest BCUT2D eigenvalue weighted by Crippen LogP contribution is 1.82. The van der Waals surface area contributed by atoms with Gasteiger partial charge in [0.25, 0.3) is 0 Å². The molecule has 0 bridgehead atoms. The monoisotopic (exact) mass is 114 g/mol. The van der Waals surface area contributed by atoms with E-state index in [1.807, 2.05) is 18.9 Å². The van der Waals surface area contributed by atoms with Crippen LogP contribution < -0.4 is 5.73 Å². The summed E-state index contributed by atoms with van der Waals surface area (Å²) in [6.07, 6.45) is 1.77. The van der Waals surface area contributed by atoms with Crippen molar-refractivity contribution in [3.63, 3.8) is 0 Å². The van der Waals surface area contributed by atoms with Gasteiger partial charge in [-0.1, -0.05) is 6.58 Å². The lowest BCUT2D eigenvalue weighted by Crippen LogP contribution is -2.29. The Balaban J connectivity index is 3.23. The topological polar surface area (TPSA) is 29.3 Å². The van der Waals surface area contributed by atoms with Crippen molar-refractivity contribution in [3.05, 3.63) is 12.8 Å². The molecule has 2 N–H and O–H groups in total. The number of nitrogens with zero attached hydrogens (tertiary/aromatic N) is 1. The van der Waals surface area contributed by atoms with E-state index in [-0.39, 0.29) is 6.04 Å². The van der Waals surface area contributed by atoms with Gasteiger partial charge in [0.1, 0.15) is 0 Å². The summed E-state index contributed by atoms with van der Waals surface area (Å²) >= 11 is 0. The fraction of sp³-hybridized carbons (Fsp3) is 0.667. The van der Waals surface area contributed by atoms with Crippen LogP contribution in [0.5, 0.6) is 0 Å². The quantitative estimate of drug-likeness (QED) is 0.575. The Bertz CT molecular complexity index is 68.9. The lowest BCUT2D eigenvalue weighted by Gasteiger charge is -2.14. The molecule has 0 saturated heterocycles. The standard InChI is InChI=1S/C6H14N2/c1-4-8(3)5-6(2)7/h4,6H,1,5,7H2,2-3H3. The van der Waals surface area contributed by atoms with Crippen LogP contribution in [-0.2, 0) is 0 Å². The van der Waals surface area contributed by atoms with E-state index in [4.69, 9.17) is 5.73 Å². The van der Waals surface area contributed by atoms with Gasteiger partial charge < -0.3 is 10.6 Å². The fourth-order valence-electron chi connectivity index (χ4n) is 0.529. The first-order chi connectivity index (χ1) is 3.66. The van der Waals surface area contributed by atoms with Crippen LogP contribution in [0.2, 0.25) is 0 Å². The molecule has 0 aliphatic heterocycles. The summed E-state index contributed by atoms with van der Waals surface area (Å²) in [5.41, 5.74) is 5.48. The molecule has 0 aliphatic carbocycles. The smallest absolute Gasteiger partial charge is 0.0318 e. The molecule has 0 aromatic rings. The third-order valence-electron chi connectivity index (χ3n) is 0.888. The molecule has 0 amide bonds. The number of rotatable bonds is 3. The SMILES string of the molecule is C=CN(C)CC(C)N. The van der Waals surface area contributed by atoms with Gasteiger partial charge in [0.2, 0.25) is 0 Å². The highest BCUT2D eigenvalue weighted by atomic mass is 15.1. The van der Waals surface area contributed by atoms with Crippen LogP contribution in [0.3, 0.4) is 0 Å². The van der Waals surface area contributed by atoms with E-state index in [2.05, 4.69) is 6.58 Å². The molecule has 0 radical (unpaired) electrons. The second-order valence-electron chi connectivity index (χ2n) is 2.10. The van der Waals surface area contributed by atoms with Gasteiger partial charge in [-0.05, 0) is 13.1 Å². The minimum atomic E-state index is 0.234. The number of hydrogen-bond acceptors (Lipinski definition) is 2. The summed E-state index contributed by atoms with van der Waals surface area (Å²) in [4.78, 5) is 1.96. The van der Waals surface area contributed by atoms with Crippen molar-refractivity contribution in [1.29, 1.82) is 0 Å². The van der Waals surface area contributed by atoms with Crippen molar-refractivity contribution < 1.29 is 0 Å². The molecule has 0 heterocycles. The third-order valence-corrected chi connectivity index (χ3v) is 0.888. The maximum atomic E-state index is 5.48. The van der Waals surface area contributed by atoms with Crippen molar-refractivity contribution in [3.8, 4) is 0 Å². The molecule has 0 spiro atoms. The molecule has 2 heteroatoms. The Morgan fingerprint density at radius 2 is 2.38 bits per heavy atom. The minimum absolute atomic E-state index is 0.234. The summed E-state index contributed by atoms with van der Waals surface area (Å²) in [5.74, 6) is 0. The summed E-state index contributed by atoms with van der Waals surface area (Å²) in [7, 11) is 1.95. The van der Waals surface area contributed by atoms with Gasteiger partial charge in [0.15, 0.2) is 0 Å². The van der Waals surface area contributed by atoms with Crippen LogP contribution >= 0.6 is 0 Å². The first-order valence-corrected chi connectivity index (χ1v) is 2.75. The lowest BCUT2D eigenvalue weighted by molar-refractivity contribution is 0.424. The second kappa shape index (κ2) is 3.50. The predicted octanol–water partition coefficient (Wildman–Crippen LogP) is 0.409. The molecular formula is C6H14N2. The average Bonchev–Trinajstić information content (AvgIpc) is 1.65. The zero-order chi connectivity index (χ0) is 6.57. The van der Waals surface area contributed by atoms with Crippen LogP contribution in [0, 0.1) is 0 Å². The van der Waals surface area contributed by atoms with Crippen molar-refractivity contribution in [2.45, 2.75) is 13.0 Å². The molecule has 2 nitrogen and oxygen atoms in total. The molecule has 8 heavy (non-hydrogen) atoms. The maximum absolute atomic E-state index is 5.48. The maximum Gasteiger partial charge on any atom is 0.0318 e. The van der Waals surface area contributed by atoms with Gasteiger partial charge in [-0.3, -0.25) is 0 Å². The van der Waals surface area contributed by atoms with Crippen LogP contribution in [-0.4, -0.2) is 24.5 Å². The molecule has 0 aromatic carbocycles. The molecule has 48 valence electrons. The van der Waals surface area contributed by atoms with Crippen LogP contribution in [0.1, 0.15) is 6.92 Å². The van der Waals surface area contributed by atoms with E-state index in [1.165, 1.54) is 0 Å². The zero-order valence-corrected chi connectivity index (χ0v) is 5.59. The average molecular weight is 114 g/mol. The molecule has 1 unspecified atom stereocenters. The molecule has 0 fully saturated rings. The van der Waals surface area contributed by atoms with Gasteiger partial charge in [-0.2, -0.15) is 0 Å². The fourth-order valence-corrected chi connectivity index (χ4v) is 0.529. The molecule has 0 aromatic heterocycles. The van der Waals surface area contributed by atoms with Gasteiger partial charge in [-0.25, -0.2) is 0 Å². The van der Waals surface area contributed by atoms with Crippen molar-refractivity contribution in [1.82, 2.24) is 4.90 Å². The first kappa shape index (κ1) is 7.50. The summed E-state index contributed by atoms with van der Waals surface area (Å²) in [6, 6.07) is 0.234. The summed E-state index contributed by atoms with van der Waals surface area (Å²) in [6.45, 7) is 6.43. The molecule has 0 rings (SSSR count). The van der Waals surface area contributed by atoms with E-state index in [0.717, 1.165) is 6.54 Å². The highest BCUT2D eigenvalue weighted by Gasteiger charge is 1.93. The van der Waals surface area contributed by atoms with Gasteiger partial charge in [0.05, 0.1) is 0 Å². The summed E-state index contributed by atoms with van der Waals surface area (Å²) < 4.78 is 0. The molecular weight excluding hydrogens is 100 g/mol. The van der Waals surface area contributed by atoms with Crippen LogP contribution in [0.15, 0.2) is 12.8 Å². The van der Waals surface area contributed by atoms with E-state index < -0.39 is 0 Å². The third kappa shape index (κ3) is 3.68. The van der Waals surface area contributed by atoms with Crippen molar-refractivity contribution >= 4 is 0 Å². The van der Waals surface area contributed by atoms with E-state index in [0.29, 0.717) is 0 Å². The second-order valence-corrected chi connectivity index (χ2v) is 2.10. The van der Waals surface area contributed by atoms with Crippen molar-refractivity contribution in [2.75, 3.05) is 13.6 Å². The number of likely N-dealkylation sites (N-methyl/N-ethyl adjacent to an activating group) is 1. The number of hydrogen-bond donors (Lipinski definition) is 1. The Labute approximate surface area is 51.0 Å². The predicted molar refractivity (Wildman–Crippen MR) is 36.5 cm³/mol. The van der Waals surface area contributed by atoms with Crippen LogP contribution in [0.25, 0.3) is 0 Å². The lowest BCUT2D eigenvalue weighted by atomic mass is 10.3. The molecule has 0 saturated carbocycles.